The molecule has 1 aromatic carbocycles. The van der Waals surface area contributed by atoms with Crippen LogP contribution in [0.15, 0.2) is 36.5 Å². The number of anilines is 4. The van der Waals surface area contributed by atoms with Crippen LogP contribution in [0.2, 0.25) is 0 Å². The number of β-amino-alcohol motifs (C(OH)–C–C–N with tert-alkyl or cyclic N) is 1. The van der Waals surface area contributed by atoms with Crippen molar-refractivity contribution in [3.05, 3.63) is 36.5 Å². The standard InChI is InChI=1S/C21H28N6O4S/c1-21(2,3)32(30,31)26-14-6-4-5-13(9-14)23-20-24-18-17(7-8-22-18)19(25-20)27-11-16(29)10-15(27)12-28/h4-9,15-16,26,28-29H,10-12H2,1-3H3,(H2,22,23,24,25)/t15-,16-/m0/s1. The molecular formula is C21H28N6O4S. The molecule has 2 atom stereocenters. The lowest BCUT2D eigenvalue weighted by Crippen LogP contribution is -2.33. The molecule has 172 valence electrons. The van der Waals surface area contributed by atoms with E-state index in [4.69, 9.17) is 0 Å². The molecule has 4 rings (SSSR count). The van der Waals surface area contributed by atoms with Crippen LogP contribution < -0.4 is 14.9 Å². The summed E-state index contributed by atoms with van der Waals surface area (Å²) in [6, 6.07) is 8.48. The molecule has 0 radical (unpaired) electrons. The van der Waals surface area contributed by atoms with E-state index in [0.717, 1.165) is 5.39 Å². The van der Waals surface area contributed by atoms with Gasteiger partial charge in [-0.25, -0.2) is 8.42 Å². The maximum absolute atomic E-state index is 12.5. The van der Waals surface area contributed by atoms with Crippen LogP contribution in [0.4, 0.5) is 23.1 Å². The molecule has 11 heteroatoms. The minimum atomic E-state index is -3.56. The SMILES string of the molecule is CC(C)(C)S(=O)(=O)Nc1cccc(Nc2nc(N3C[C@@H](O)C[C@H]3CO)c3cc[nH]c3n2)c1. The fourth-order valence-electron chi connectivity index (χ4n) is 3.62. The molecule has 1 aliphatic rings. The first-order valence-electron chi connectivity index (χ1n) is 10.4. The summed E-state index contributed by atoms with van der Waals surface area (Å²) in [4.78, 5) is 14.1. The van der Waals surface area contributed by atoms with E-state index in [1.165, 1.54) is 0 Å². The summed E-state index contributed by atoms with van der Waals surface area (Å²) in [5.41, 5.74) is 1.64. The quantitative estimate of drug-likeness (QED) is 0.377. The minimum absolute atomic E-state index is 0.0916. The van der Waals surface area contributed by atoms with Crippen molar-refractivity contribution >= 4 is 44.2 Å². The summed E-state index contributed by atoms with van der Waals surface area (Å²) in [5.74, 6) is 0.919. The predicted octanol–water partition coefficient (Wildman–Crippen LogP) is 2.17. The largest absolute Gasteiger partial charge is 0.394 e. The number of nitrogens with one attached hydrogen (secondary N) is 3. The monoisotopic (exact) mass is 460 g/mol. The van der Waals surface area contributed by atoms with E-state index in [1.54, 1.807) is 51.2 Å². The molecule has 0 bridgehead atoms. The van der Waals surface area contributed by atoms with Crippen LogP contribution in [0.25, 0.3) is 11.0 Å². The molecule has 32 heavy (non-hydrogen) atoms. The molecule has 0 amide bonds. The number of nitrogens with zero attached hydrogens (tertiary/aromatic N) is 3. The van der Waals surface area contributed by atoms with Crippen molar-refractivity contribution in [2.75, 3.05) is 28.1 Å². The highest BCUT2D eigenvalue weighted by atomic mass is 32.2. The summed E-state index contributed by atoms with van der Waals surface area (Å²) >= 11 is 0. The van der Waals surface area contributed by atoms with Gasteiger partial charge in [-0.15, -0.1) is 0 Å². The summed E-state index contributed by atoms with van der Waals surface area (Å²) < 4.78 is 26.6. The van der Waals surface area contributed by atoms with Gasteiger partial charge in [0.25, 0.3) is 0 Å². The molecule has 5 N–H and O–H groups in total. The third kappa shape index (κ3) is 4.36. The second-order valence-corrected chi connectivity index (χ2v) is 11.3. The lowest BCUT2D eigenvalue weighted by atomic mass is 10.2. The molecule has 3 aromatic rings. The van der Waals surface area contributed by atoms with E-state index in [1.807, 2.05) is 11.0 Å². The van der Waals surface area contributed by atoms with E-state index in [9.17, 15) is 18.6 Å². The van der Waals surface area contributed by atoms with Gasteiger partial charge in [-0.1, -0.05) is 6.07 Å². The lowest BCUT2D eigenvalue weighted by molar-refractivity contribution is 0.184. The van der Waals surface area contributed by atoms with Crippen LogP contribution in [0.3, 0.4) is 0 Å². The van der Waals surface area contributed by atoms with Crippen molar-refractivity contribution in [2.24, 2.45) is 0 Å². The van der Waals surface area contributed by atoms with Crippen LogP contribution >= 0.6 is 0 Å². The first kappa shape index (κ1) is 22.3. The summed E-state index contributed by atoms with van der Waals surface area (Å²) in [5, 5.41) is 23.8. The molecule has 10 nitrogen and oxygen atoms in total. The zero-order valence-corrected chi connectivity index (χ0v) is 19.0. The Morgan fingerprint density at radius 2 is 1.97 bits per heavy atom. The number of aromatic nitrogens is 3. The number of hydrogen-bond donors (Lipinski definition) is 5. The first-order chi connectivity index (χ1) is 15.1. The van der Waals surface area contributed by atoms with Gasteiger partial charge in [0.05, 0.1) is 34.6 Å². The van der Waals surface area contributed by atoms with Gasteiger partial charge in [0.2, 0.25) is 16.0 Å². The summed E-state index contributed by atoms with van der Waals surface area (Å²) in [7, 11) is -3.56. The van der Waals surface area contributed by atoms with E-state index >= 15 is 0 Å². The van der Waals surface area contributed by atoms with E-state index in [0.29, 0.717) is 41.8 Å². The van der Waals surface area contributed by atoms with Crippen LogP contribution in [-0.2, 0) is 10.0 Å². The fraction of sp³-hybridized carbons (Fsp3) is 0.429. The van der Waals surface area contributed by atoms with Gasteiger partial charge < -0.3 is 25.4 Å². The Labute approximate surface area is 186 Å². The highest BCUT2D eigenvalue weighted by Gasteiger charge is 2.33. The molecule has 0 spiro atoms. The molecule has 1 fully saturated rings. The second-order valence-electron chi connectivity index (χ2n) is 8.91. The zero-order valence-electron chi connectivity index (χ0n) is 18.2. The van der Waals surface area contributed by atoms with Gasteiger partial charge in [0.15, 0.2) is 0 Å². The molecule has 0 unspecified atom stereocenters. The van der Waals surface area contributed by atoms with Crippen LogP contribution in [-0.4, -0.2) is 63.6 Å². The van der Waals surface area contributed by atoms with Crippen molar-refractivity contribution in [1.29, 1.82) is 0 Å². The number of sulfonamides is 1. The predicted molar refractivity (Wildman–Crippen MR) is 125 cm³/mol. The van der Waals surface area contributed by atoms with Gasteiger partial charge in [-0.3, -0.25) is 4.72 Å². The zero-order chi connectivity index (χ0) is 23.1. The summed E-state index contributed by atoms with van der Waals surface area (Å²) in [6.45, 7) is 5.17. The topological polar surface area (TPSA) is 143 Å². The summed E-state index contributed by atoms with van der Waals surface area (Å²) in [6.07, 6.45) is 1.68. The smallest absolute Gasteiger partial charge is 0.237 e. The number of aliphatic hydroxyl groups is 2. The fourth-order valence-corrected chi connectivity index (χ4v) is 4.37. The highest BCUT2D eigenvalue weighted by molar-refractivity contribution is 7.94. The normalized spacial score (nSPS) is 19.5. The average Bonchev–Trinajstić information content (AvgIpc) is 3.32. The van der Waals surface area contributed by atoms with Crippen LogP contribution in [0.5, 0.6) is 0 Å². The number of aliphatic hydroxyl groups excluding tert-OH is 2. The number of benzene rings is 1. The van der Waals surface area contributed by atoms with Crippen molar-refractivity contribution in [3.63, 3.8) is 0 Å². The molecule has 0 aliphatic carbocycles. The second kappa shape index (κ2) is 8.23. The maximum atomic E-state index is 12.5. The minimum Gasteiger partial charge on any atom is -0.394 e. The van der Waals surface area contributed by atoms with E-state index < -0.39 is 20.9 Å². The number of hydrogen-bond acceptors (Lipinski definition) is 8. The number of H-pyrrole nitrogens is 1. The molecule has 2 aromatic heterocycles. The van der Waals surface area contributed by atoms with Crippen molar-refractivity contribution in [3.8, 4) is 0 Å². The Kier molecular flexibility index (Phi) is 5.74. The molecule has 0 saturated carbocycles. The molecule has 3 heterocycles. The Morgan fingerprint density at radius 1 is 1.22 bits per heavy atom. The van der Waals surface area contributed by atoms with Gasteiger partial charge >= 0.3 is 0 Å². The van der Waals surface area contributed by atoms with Crippen molar-refractivity contribution < 1.29 is 18.6 Å². The number of rotatable bonds is 6. The van der Waals surface area contributed by atoms with Crippen molar-refractivity contribution in [2.45, 2.75) is 44.1 Å². The molecule has 1 aliphatic heterocycles. The Bertz CT molecular complexity index is 1220. The van der Waals surface area contributed by atoms with Gasteiger partial charge in [0.1, 0.15) is 11.5 Å². The number of fused-ring (bicyclic) bond motifs is 1. The third-order valence-electron chi connectivity index (χ3n) is 5.45. The van der Waals surface area contributed by atoms with Gasteiger partial charge in [-0.2, -0.15) is 9.97 Å². The van der Waals surface area contributed by atoms with Crippen molar-refractivity contribution in [1.82, 2.24) is 15.0 Å². The van der Waals surface area contributed by atoms with Gasteiger partial charge in [-0.05, 0) is 51.5 Å². The van der Waals surface area contributed by atoms with Crippen LogP contribution in [0.1, 0.15) is 27.2 Å². The lowest BCUT2D eigenvalue weighted by Gasteiger charge is -2.25. The third-order valence-corrected chi connectivity index (χ3v) is 7.56. The first-order valence-corrected chi connectivity index (χ1v) is 11.9. The maximum Gasteiger partial charge on any atom is 0.237 e. The van der Waals surface area contributed by atoms with E-state index in [-0.39, 0.29) is 12.6 Å². The van der Waals surface area contributed by atoms with Gasteiger partial charge in [0, 0.05) is 18.4 Å². The van der Waals surface area contributed by atoms with Crippen LogP contribution in [0, 0.1) is 0 Å². The molecular weight excluding hydrogens is 432 g/mol. The molecule has 1 saturated heterocycles. The Balaban J connectivity index is 1.65. The number of aromatic amines is 1. The Morgan fingerprint density at radius 3 is 2.69 bits per heavy atom. The Hall–Kier alpha value is -2.89. The average molecular weight is 461 g/mol. The van der Waals surface area contributed by atoms with E-state index in [2.05, 4.69) is 25.0 Å². The highest BCUT2D eigenvalue weighted by Crippen LogP contribution is 2.32.